The first-order valence-electron chi connectivity index (χ1n) is 6.02. The Balaban J connectivity index is 2.33. The Morgan fingerprint density at radius 3 is 2.44 bits per heavy atom. The normalized spacial score (nSPS) is 10.4. The average molecular weight is 243 g/mol. The molecular formula is C14H17N3O. The molecule has 0 aliphatic rings. The van der Waals surface area contributed by atoms with Crippen molar-refractivity contribution in [2.24, 2.45) is 0 Å². The van der Waals surface area contributed by atoms with Crippen LogP contribution in [0.2, 0.25) is 0 Å². The summed E-state index contributed by atoms with van der Waals surface area (Å²) in [6, 6.07) is 7.66. The minimum Gasteiger partial charge on any atom is -0.326 e. The molecule has 0 aliphatic heterocycles. The van der Waals surface area contributed by atoms with Crippen molar-refractivity contribution in [2.75, 3.05) is 5.32 Å². The number of aryl methyl sites for hydroxylation is 3. The van der Waals surface area contributed by atoms with Gasteiger partial charge in [-0.3, -0.25) is 9.78 Å². The highest BCUT2D eigenvalue weighted by molar-refractivity contribution is 5.55. The summed E-state index contributed by atoms with van der Waals surface area (Å²) >= 11 is 0. The number of anilines is 2. The Morgan fingerprint density at radius 2 is 1.83 bits per heavy atom. The minimum absolute atomic E-state index is 0.131. The lowest BCUT2D eigenvalue weighted by Crippen LogP contribution is -2.11. The van der Waals surface area contributed by atoms with E-state index in [-0.39, 0.29) is 5.56 Å². The molecule has 2 aromatic rings. The summed E-state index contributed by atoms with van der Waals surface area (Å²) in [6.07, 6.45) is 0.742. The van der Waals surface area contributed by atoms with Gasteiger partial charge in [0.1, 0.15) is 0 Å². The molecule has 0 bridgehead atoms. The lowest BCUT2D eigenvalue weighted by Gasteiger charge is -2.08. The summed E-state index contributed by atoms with van der Waals surface area (Å²) in [4.78, 5) is 18.5. The molecule has 0 unspecified atom stereocenters. The zero-order valence-corrected chi connectivity index (χ0v) is 10.9. The SMILES string of the molecule is CCc1cc(=O)[nH]c(Nc2cc(C)cc(C)c2)n1. The highest BCUT2D eigenvalue weighted by atomic mass is 16.1. The van der Waals surface area contributed by atoms with Crippen molar-refractivity contribution in [1.29, 1.82) is 0 Å². The number of H-pyrrole nitrogens is 1. The lowest BCUT2D eigenvalue weighted by molar-refractivity contribution is 0.986. The van der Waals surface area contributed by atoms with Gasteiger partial charge in [0, 0.05) is 17.4 Å². The number of aromatic amines is 1. The molecular weight excluding hydrogens is 226 g/mol. The zero-order chi connectivity index (χ0) is 13.1. The van der Waals surface area contributed by atoms with Gasteiger partial charge in [-0.2, -0.15) is 0 Å². The van der Waals surface area contributed by atoms with Crippen LogP contribution in [0.3, 0.4) is 0 Å². The topological polar surface area (TPSA) is 57.8 Å². The van der Waals surface area contributed by atoms with E-state index in [9.17, 15) is 4.79 Å². The van der Waals surface area contributed by atoms with Gasteiger partial charge >= 0.3 is 0 Å². The summed E-state index contributed by atoms with van der Waals surface area (Å²) in [5.41, 5.74) is 3.93. The molecule has 18 heavy (non-hydrogen) atoms. The Labute approximate surface area is 106 Å². The van der Waals surface area contributed by atoms with Crippen LogP contribution < -0.4 is 10.9 Å². The van der Waals surface area contributed by atoms with Crippen molar-refractivity contribution in [1.82, 2.24) is 9.97 Å². The highest BCUT2D eigenvalue weighted by Crippen LogP contribution is 2.16. The molecule has 2 rings (SSSR count). The predicted molar refractivity (Wildman–Crippen MR) is 73.4 cm³/mol. The zero-order valence-electron chi connectivity index (χ0n) is 10.9. The summed E-state index contributed by atoms with van der Waals surface area (Å²) in [5.74, 6) is 0.490. The van der Waals surface area contributed by atoms with Gasteiger partial charge < -0.3 is 5.32 Å². The van der Waals surface area contributed by atoms with E-state index in [2.05, 4.69) is 21.4 Å². The molecule has 94 valence electrons. The lowest BCUT2D eigenvalue weighted by atomic mass is 10.1. The minimum atomic E-state index is -0.131. The van der Waals surface area contributed by atoms with Crippen LogP contribution in [0.25, 0.3) is 0 Å². The van der Waals surface area contributed by atoms with Gasteiger partial charge in [0.05, 0.1) is 0 Å². The fourth-order valence-electron chi connectivity index (χ4n) is 1.93. The van der Waals surface area contributed by atoms with Crippen molar-refractivity contribution in [2.45, 2.75) is 27.2 Å². The Morgan fingerprint density at radius 1 is 1.17 bits per heavy atom. The molecule has 0 radical (unpaired) electrons. The van der Waals surface area contributed by atoms with Gasteiger partial charge in [0.15, 0.2) is 0 Å². The third kappa shape index (κ3) is 2.97. The molecule has 1 heterocycles. The second-order valence-corrected chi connectivity index (χ2v) is 4.44. The van der Waals surface area contributed by atoms with E-state index in [1.807, 2.05) is 32.9 Å². The molecule has 0 fully saturated rings. The highest BCUT2D eigenvalue weighted by Gasteiger charge is 2.01. The maximum Gasteiger partial charge on any atom is 0.252 e. The number of hydrogen-bond donors (Lipinski definition) is 2. The quantitative estimate of drug-likeness (QED) is 0.871. The monoisotopic (exact) mass is 243 g/mol. The van der Waals surface area contributed by atoms with Gasteiger partial charge in [-0.05, 0) is 43.5 Å². The van der Waals surface area contributed by atoms with E-state index in [1.54, 1.807) is 0 Å². The smallest absolute Gasteiger partial charge is 0.252 e. The second-order valence-electron chi connectivity index (χ2n) is 4.44. The van der Waals surface area contributed by atoms with Crippen LogP contribution in [0, 0.1) is 13.8 Å². The van der Waals surface area contributed by atoms with Gasteiger partial charge in [0.25, 0.3) is 5.56 Å². The van der Waals surface area contributed by atoms with Crippen LogP contribution >= 0.6 is 0 Å². The molecule has 4 heteroatoms. The van der Waals surface area contributed by atoms with Crippen LogP contribution in [0.4, 0.5) is 11.6 Å². The summed E-state index contributed by atoms with van der Waals surface area (Å²) in [6.45, 7) is 6.05. The fraction of sp³-hybridized carbons (Fsp3) is 0.286. The van der Waals surface area contributed by atoms with Crippen molar-refractivity contribution >= 4 is 11.6 Å². The Bertz CT molecular complexity index is 596. The van der Waals surface area contributed by atoms with Crippen LogP contribution in [0.1, 0.15) is 23.7 Å². The molecule has 1 aromatic carbocycles. The standard InChI is InChI=1S/C14H17N3O/c1-4-11-8-13(18)17-14(15-11)16-12-6-9(2)5-10(3)7-12/h5-8H,4H2,1-3H3,(H2,15,16,17,18). The van der Waals surface area contributed by atoms with E-state index in [0.717, 1.165) is 17.8 Å². The van der Waals surface area contributed by atoms with Gasteiger partial charge in [-0.25, -0.2) is 4.98 Å². The number of aromatic nitrogens is 2. The number of nitrogens with one attached hydrogen (secondary N) is 2. The van der Waals surface area contributed by atoms with Crippen LogP contribution in [0.15, 0.2) is 29.1 Å². The van der Waals surface area contributed by atoms with E-state index in [1.165, 1.54) is 17.2 Å². The summed E-state index contributed by atoms with van der Waals surface area (Å²) < 4.78 is 0. The maximum atomic E-state index is 11.5. The number of rotatable bonds is 3. The van der Waals surface area contributed by atoms with Crippen molar-refractivity contribution in [3.05, 3.63) is 51.4 Å². The molecule has 0 saturated carbocycles. The average Bonchev–Trinajstić information content (AvgIpc) is 2.26. The van der Waals surface area contributed by atoms with E-state index in [4.69, 9.17) is 0 Å². The molecule has 2 N–H and O–H groups in total. The van der Waals surface area contributed by atoms with Crippen molar-refractivity contribution in [3.8, 4) is 0 Å². The first kappa shape index (κ1) is 12.4. The molecule has 0 amide bonds. The molecule has 1 aromatic heterocycles. The maximum absolute atomic E-state index is 11.5. The van der Waals surface area contributed by atoms with Crippen LogP contribution in [-0.2, 0) is 6.42 Å². The van der Waals surface area contributed by atoms with E-state index >= 15 is 0 Å². The third-order valence-electron chi connectivity index (χ3n) is 2.64. The first-order valence-corrected chi connectivity index (χ1v) is 6.02. The second kappa shape index (κ2) is 5.04. The number of hydrogen-bond acceptors (Lipinski definition) is 3. The number of benzene rings is 1. The van der Waals surface area contributed by atoms with Gasteiger partial charge in [0.2, 0.25) is 5.95 Å². The van der Waals surface area contributed by atoms with E-state index in [0.29, 0.717) is 5.95 Å². The van der Waals surface area contributed by atoms with E-state index < -0.39 is 0 Å². The largest absolute Gasteiger partial charge is 0.326 e. The Kier molecular flexibility index (Phi) is 3.46. The van der Waals surface area contributed by atoms with Crippen LogP contribution in [-0.4, -0.2) is 9.97 Å². The third-order valence-corrected chi connectivity index (χ3v) is 2.64. The molecule has 0 spiro atoms. The molecule has 4 nitrogen and oxygen atoms in total. The first-order chi connectivity index (χ1) is 8.56. The molecule has 0 aliphatic carbocycles. The molecule has 0 atom stereocenters. The Hall–Kier alpha value is -2.10. The summed E-state index contributed by atoms with van der Waals surface area (Å²) in [7, 11) is 0. The summed E-state index contributed by atoms with van der Waals surface area (Å²) in [5, 5.41) is 3.13. The van der Waals surface area contributed by atoms with Crippen molar-refractivity contribution < 1.29 is 0 Å². The van der Waals surface area contributed by atoms with Gasteiger partial charge in [-0.1, -0.05) is 13.0 Å². The molecule has 0 saturated heterocycles. The predicted octanol–water partition coefficient (Wildman–Crippen LogP) is 2.69. The fourth-order valence-corrected chi connectivity index (χ4v) is 1.93. The van der Waals surface area contributed by atoms with Crippen molar-refractivity contribution in [3.63, 3.8) is 0 Å². The van der Waals surface area contributed by atoms with Crippen LogP contribution in [0.5, 0.6) is 0 Å². The van der Waals surface area contributed by atoms with Gasteiger partial charge in [-0.15, -0.1) is 0 Å². The number of nitrogens with zero attached hydrogens (tertiary/aromatic N) is 1.